The highest BCUT2D eigenvalue weighted by atomic mass is 16.6. The lowest BCUT2D eigenvalue weighted by Crippen LogP contribution is -2.41. The summed E-state index contributed by atoms with van der Waals surface area (Å²) in [4.78, 5) is 36.4. The summed E-state index contributed by atoms with van der Waals surface area (Å²) in [5.41, 5.74) is 4.46. The molecule has 2 aliphatic carbocycles. The van der Waals surface area contributed by atoms with Crippen molar-refractivity contribution in [3.63, 3.8) is 0 Å². The Morgan fingerprint density at radius 2 is 1.63 bits per heavy atom. The molecule has 0 aromatic heterocycles. The first-order chi connectivity index (χ1) is 18.5. The van der Waals surface area contributed by atoms with E-state index in [1.54, 1.807) is 0 Å². The van der Waals surface area contributed by atoms with E-state index in [0.717, 1.165) is 54.4 Å². The number of rotatable bonds is 11. The zero-order valence-corrected chi connectivity index (χ0v) is 21.8. The van der Waals surface area contributed by atoms with Crippen molar-refractivity contribution in [2.75, 3.05) is 6.61 Å². The summed E-state index contributed by atoms with van der Waals surface area (Å²) in [6.07, 6.45) is 10.9. The normalized spacial score (nSPS) is 18.3. The van der Waals surface area contributed by atoms with Gasteiger partial charge in [0.25, 0.3) is 0 Å². The zero-order chi connectivity index (χ0) is 26.7. The van der Waals surface area contributed by atoms with E-state index in [0.29, 0.717) is 25.7 Å². The molecule has 0 aliphatic heterocycles. The molecule has 0 spiro atoms. The topological polar surface area (TPSA) is 102 Å². The minimum absolute atomic E-state index is 0.0446. The average Bonchev–Trinajstić information content (AvgIpc) is 3.21. The van der Waals surface area contributed by atoms with Crippen LogP contribution in [0.5, 0.6) is 0 Å². The van der Waals surface area contributed by atoms with Gasteiger partial charge in [-0.25, -0.2) is 9.59 Å². The maximum atomic E-state index is 12.5. The second-order valence-corrected chi connectivity index (χ2v) is 10.1. The Hall–Kier alpha value is -3.61. The molecule has 2 aromatic rings. The van der Waals surface area contributed by atoms with Crippen LogP contribution in [0, 0.1) is 0 Å². The van der Waals surface area contributed by atoms with E-state index in [4.69, 9.17) is 9.47 Å². The Balaban J connectivity index is 1.17. The molecule has 0 bridgehead atoms. The van der Waals surface area contributed by atoms with Gasteiger partial charge in [-0.1, -0.05) is 73.5 Å². The number of carbonyl (C=O) groups excluding carboxylic acids is 2. The second kappa shape index (κ2) is 13.8. The number of carboxylic acids is 1. The van der Waals surface area contributed by atoms with Gasteiger partial charge in [-0.3, -0.25) is 4.79 Å². The molecule has 0 heterocycles. The molecule has 2 N–H and O–H groups in total. The zero-order valence-electron chi connectivity index (χ0n) is 21.8. The predicted molar refractivity (Wildman–Crippen MR) is 145 cm³/mol. The Labute approximate surface area is 224 Å². The number of benzene rings is 2. The number of nitrogens with one attached hydrogen (secondary N) is 1. The molecule has 4 rings (SSSR count). The molecular weight excluding hydrogens is 482 g/mol. The van der Waals surface area contributed by atoms with Gasteiger partial charge in [0.1, 0.15) is 18.8 Å². The van der Waals surface area contributed by atoms with Crippen LogP contribution < -0.4 is 5.32 Å². The van der Waals surface area contributed by atoms with Crippen molar-refractivity contribution in [1.82, 2.24) is 5.32 Å². The fourth-order valence-electron chi connectivity index (χ4n) is 5.30. The summed E-state index contributed by atoms with van der Waals surface area (Å²) in [6.45, 7) is 0.130. The number of alkyl carbamates (subject to hydrolysis) is 1. The Morgan fingerprint density at radius 3 is 2.34 bits per heavy atom. The van der Waals surface area contributed by atoms with E-state index >= 15 is 0 Å². The van der Waals surface area contributed by atoms with E-state index in [1.165, 1.54) is 0 Å². The third-order valence-corrected chi connectivity index (χ3v) is 7.32. The molecule has 0 saturated carbocycles. The molecule has 0 fully saturated rings. The molecular formula is C31H37NO6. The molecule has 202 valence electrons. The maximum Gasteiger partial charge on any atom is 0.407 e. The number of allylic oxidation sites excluding steroid dienone is 1. The highest BCUT2D eigenvalue weighted by molar-refractivity contribution is 5.81. The SMILES string of the molecule is O=C(CCCCC[C@H](NC(=O)OCC1c2ccccc2-c2ccccc21)C(=O)O)OC1C/C=C/CCCC1. The molecule has 2 aliphatic rings. The molecule has 2 aromatic carbocycles. The molecule has 2 atom stereocenters. The number of hydrogen-bond donors (Lipinski definition) is 2. The van der Waals surface area contributed by atoms with Crippen molar-refractivity contribution in [2.24, 2.45) is 0 Å². The van der Waals surface area contributed by atoms with Gasteiger partial charge in [0.2, 0.25) is 0 Å². The Morgan fingerprint density at radius 1 is 0.921 bits per heavy atom. The lowest BCUT2D eigenvalue weighted by Gasteiger charge is -2.18. The molecule has 0 radical (unpaired) electrons. The molecule has 0 saturated heterocycles. The Kier molecular flexibility index (Phi) is 9.96. The van der Waals surface area contributed by atoms with Crippen molar-refractivity contribution in [1.29, 1.82) is 0 Å². The number of carboxylic acid groups (broad SMARTS) is 1. The van der Waals surface area contributed by atoms with E-state index in [9.17, 15) is 19.5 Å². The van der Waals surface area contributed by atoms with Crippen molar-refractivity contribution in [2.45, 2.75) is 82.3 Å². The van der Waals surface area contributed by atoms with Gasteiger partial charge in [-0.2, -0.15) is 0 Å². The molecule has 7 nitrogen and oxygen atoms in total. The van der Waals surface area contributed by atoms with Crippen LogP contribution in [0.1, 0.15) is 81.3 Å². The average molecular weight is 520 g/mol. The first-order valence-corrected chi connectivity index (χ1v) is 13.7. The van der Waals surface area contributed by atoms with Crippen LogP contribution in [0.2, 0.25) is 0 Å². The quantitative estimate of drug-likeness (QED) is 0.203. The summed E-state index contributed by atoms with van der Waals surface area (Å²) in [6, 6.07) is 15.1. The van der Waals surface area contributed by atoms with Crippen LogP contribution in [0.15, 0.2) is 60.7 Å². The lowest BCUT2D eigenvalue weighted by molar-refractivity contribution is -0.149. The minimum atomic E-state index is -1.10. The number of ether oxygens (including phenoxy) is 2. The van der Waals surface area contributed by atoms with Gasteiger partial charge in [-0.05, 0) is 60.8 Å². The van der Waals surface area contributed by atoms with Gasteiger partial charge in [-0.15, -0.1) is 0 Å². The molecule has 1 amide bonds. The number of amides is 1. The largest absolute Gasteiger partial charge is 0.480 e. The van der Waals surface area contributed by atoms with Crippen LogP contribution in [-0.4, -0.2) is 41.9 Å². The fraction of sp³-hybridized carbons (Fsp3) is 0.452. The smallest absolute Gasteiger partial charge is 0.407 e. The third kappa shape index (κ3) is 7.46. The van der Waals surface area contributed by atoms with Gasteiger partial charge >= 0.3 is 18.0 Å². The standard InChI is InChI=1S/C31H37NO6/c33-29(38-22-13-5-2-1-3-6-14-22)20-8-4-7-19-28(30(34)35)32-31(36)37-21-27-25-17-11-9-15-23(25)24-16-10-12-18-26(24)27/h2,5,9-12,15-18,22,27-28H,1,3-4,6-8,13-14,19-21H2,(H,32,36)(H,34,35)/b5-2+/t22?,28-/m0/s1. The van der Waals surface area contributed by atoms with Crippen molar-refractivity contribution < 1.29 is 29.0 Å². The molecule has 38 heavy (non-hydrogen) atoms. The van der Waals surface area contributed by atoms with E-state index in [1.807, 2.05) is 36.4 Å². The van der Waals surface area contributed by atoms with E-state index < -0.39 is 18.1 Å². The number of fused-ring (bicyclic) bond motifs is 3. The highest BCUT2D eigenvalue weighted by Crippen LogP contribution is 2.44. The van der Waals surface area contributed by atoms with Crippen molar-refractivity contribution in [3.05, 3.63) is 71.8 Å². The van der Waals surface area contributed by atoms with Crippen LogP contribution in [-0.2, 0) is 19.1 Å². The van der Waals surface area contributed by atoms with Crippen LogP contribution >= 0.6 is 0 Å². The molecule has 7 heteroatoms. The number of esters is 1. The van der Waals surface area contributed by atoms with Crippen molar-refractivity contribution >= 4 is 18.0 Å². The van der Waals surface area contributed by atoms with Crippen molar-refractivity contribution in [3.8, 4) is 11.1 Å². The monoisotopic (exact) mass is 519 g/mol. The number of carbonyl (C=O) groups is 3. The molecule has 1 unspecified atom stereocenters. The predicted octanol–water partition coefficient (Wildman–Crippen LogP) is 6.36. The van der Waals surface area contributed by atoms with Gasteiger partial charge in [0.05, 0.1) is 0 Å². The number of aliphatic carboxylic acids is 1. The summed E-state index contributed by atoms with van der Waals surface area (Å²) >= 11 is 0. The van der Waals surface area contributed by atoms with Gasteiger partial charge in [0.15, 0.2) is 0 Å². The Bertz CT molecular complexity index is 1100. The summed E-state index contributed by atoms with van der Waals surface area (Å²) in [7, 11) is 0. The third-order valence-electron chi connectivity index (χ3n) is 7.32. The van der Waals surface area contributed by atoms with Crippen LogP contribution in [0.4, 0.5) is 4.79 Å². The number of unbranched alkanes of at least 4 members (excludes halogenated alkanes) is 2. The van der Waals surface area contributed by atoms with Crippen LogP contribution in [0.3, 0.4) is 0 Å². The maximum absolute atomic E-state index is 12.5. The number of hydrogen-bond acceptors (Lipinski definition) is 5. The highest BCUT2D eigenvalue weighted by Gasteiger charge is 2.29. The first kappa shape index (κ1) is 27.4. The lowest BCUT2D eigenvalue weighted by atomic mass is 9.98. The van der Waals surface area contributed by atoms with Gasteiger partial charge < -0.3 is 19.9 Å². The first-order valence-electron chi connectivity index (χ1n) is 13.7. The summed E-state index contributed by atoms with van der Waals surface area (Å²) in [5.74, 6) is -1.39. The fourth-order valence-corrected chi connectivity index (χ4v) is 5.30. The van der Waals surface area contributed by atoms with E-state index in [-0.39, 0.29) is 31.0 Å². The van der Waals surface area contributed by atoms with Crippen LogP contribution in [0.25, 0.3) is 11.1 Å². The van der Waals surface area contributed by atoms with E-state index in [2.05, 4.69) is 29.6 Å². The summed E-state index contributed by atoms with van der Waals surface area (Å²) in [5, 5.41) is 12.1. The van der Waals surface area contributed by atoms with Gasteiger partial charge in [0, 0.05) is 18.8 Å². The minimum Gasteiger partial charge on any atom is -0.480 e. The second-order valence-electron chi connectivity index (χ2n) is 10.1. The summed E-state index contributed by atoms with van der Waals surface area (Å²) < 4.78 is 11.1.